The molecule has 0 radical (unpaired) electrons. The molecular weight excluding hydrogens is 350 g/mol. The molecule has 0 aliphatic heterocycles. The van der Waals surface area contributed by atoms with Crippen LogP contribution in [0.3, 0.4) is 0 Å². The maximum absolute atomic E-state index is 12.3. The van der Waals surface area contributed by atoms with E-state index in [4.69, 9.17) is 11.6 Å². The summed E-state index contributed by atoms with van der Waals surface area (Å²) >= 11 is 7.53. The van der Waals surface area contributed by atoms with Crippen LogP contribution in [0, 0.1) is 0 Å². The lowest BCUT2D eigenvalue weighted by atomic mass is 10.1. The molecule has 1 amide bonds. The first kappa shape index (κ1) is 17.6. The van der Waals surface area contributed by atoms with E-state index in [0.717, 1.165) is 21.0 Å². The SMILES string of the molecule is O=C(CCc1ccc(Cl)cc1)Nc1ccccc1Sc1ccccc1. The Balaban J connectivity index is 1.62. The molecule has 0 aromatic heterocycles. The average molecular weight is 368 g/mol. The van der Waals surface area contributed by atoms with Crippen LogP contribution in [0.15, 0.2) is 88.7 Å². The summed E-state index contributed by atoms with van der Waals surface area (Å²) in [5.41, 5.74) is 1.95. The maximum Gasteiger partial charge on any atom is 0.224 e. The largest absolute Gasteiger partial charge is 0.325 e. The predicted molar refractivity (Wildman–Crippen MR) is 105 cm³/mol. The van der Waals surface area contributed by atoms with Crippen molar-refractivity contribution in [2.45, 2.75) is 22.6 Å². The van der Waals surface area contributed by atoms with Crippen molar-refractivity contribution < 1.29 is 4.79 Å². The van der Waals surface area contributed by atoms with Crippen LogP contribution in [0.1, 0.15) is 12.0 Å². The number of anilines is 1. The van der Waals surface area contributed by atoms with Gasteiger partial charge in [0.25, 0.3) is 0 Å². The summed E-state index contributed by atoms with van der Waals surface area (Å²) in [5, 5.41) is 3.73. The van der Waals surface area contributed by atoms with E-state index in [-0.39, 0.29) is 5.91 Å². The molecule has 0 saturated heterocycles. The van der Waals surface area contributed by atoms with Gasteiger partial charge in [-0.3, -0.25) is 4.79 Å². The molecule has 2 nitrogen and oxygen atoms in total. The van der Waals surface area contributed by atoms with E-state index >= 15 is 0 Å². The zero-order valence-electron chi connectivity index (χ0n) is 13.6. The standard InChI is InChI=1S/C21H18ClNOS/c22-17-13-10-16(11-14-17)12-15-21(24)23-19-8-4-5-9-20(19)25-18-6-2-1-3-7-18/h1-11,13-14H,12,15H2,(H,23,24). The quantitative estimate of drug-likeness (QED) is 0.573. The second kappa shape index (κ2) is 8.75. The van der Waals surface area contributed by atoms with Crippen LogP contribution < -0.4 is 5.32 Å². The van der Waals surface area contributed by atoms with Gasteiger partial charge in [-0.15, -0.1) is 0 Å². The predicted octanol–water partition coefficient (Wildman–Crippen LogP) is 6.06. The van der Waals surface area contributed by atoms with Crippen LogP contribution in [0.5, 0.6) is 0 Å². The lowest BCUT2D eigenvalue weighted by Gasteiger charge is -2.11. The first-order valence-corrected chi connectivity index (χ1v) is 9.26. The van der Waals surface area contributed by atoms with Gasteiger partial charge in [-0.05, 0) is 48.4 Å². The number of carbonyl (C=O) groups is 1. The minimum Gasteiger partial charge on any atom is -0.325 e. The van der Waals surface area contributed by atoms with Gasteiger partial charge in [0.15, 0.2) is 0 Å². The highest BCUT2D eigenvalue weighted by atomic mass is 35.5. The third-order valence-electron chi connectivity index (χ3n) is 3.69. The Morgan fingerprint density at radius 3 is 2.32 bits per heavy atom. The molecule has 0 atom stereocenters. The molecule has 25 heavy (non-hydrogen) atoms. The lowest BCUT2D eigenvalue weighted by Crippen LogP contribution is -2.12. The van der Waals surface area contributed by atoms with Crippen molar-refractivity contribution in [1.82, 2.24) is 0 Å². The van der Waals surface area contributed by atoms with E-state index in [1.807, 2.05) is 66.7 Å². The second-order valence-electron chi connectivity index (χ2n) is 5.59. The minimum absolute atomic E-state index is 0.0102. The van der Waals surface area contributed by atoms with Gasteiger partial charge in [0.2, 0.25) is 5.91 Å². The van der Waals surface area contributed by atoms with Crippen LogP contribution in [0.2, 0.25) is 5.02 Å². The number of carbonyl (C=O) groups excluding carboxylic acids is 1. The molecule has 0 heterocycles. The summed E-state index contributed by atoms with van der Waals surface area (Å²) in [6.45, 7) is 0. The number of halogens is 1. The van der Waals surface area contributed by atoms with Gasteiger partial charge in [-0.1, -0.05) is 65.8 Å². The highest BCUT2D eigenvalue weighted by molar-refractivity contribution is 7.99. The Bertz CT molecular complexity index is 834. The van der Waals surface area contributed by atoms with Crippen molar-refractivity contribution in [3.05, 3.63) is 89.4 Å². The number of hydrogen-bond donors (Lipinski definition) is 1. The van der Waals surface area contributed by atoms with Gasteiger partial charge in [-0.25, -0.2) is 0 Å². The number of amides is 1. The zero-order chi connectivity index (χ0) is 17.5. The van der Waals surface area contributed by atoms with Gasteiger partial charge in [0.1, 0.15) is 0 Å². The molecule has 3 aromatic rings. The highest BCUT2D eigenvalue weighted by Gasteiger charge is 2.08. The molecule has 1 N–H and O–H groups in total. The normalized spacial score (nSPS) is 10.4. The summed E-state index contributed by atoms with van der Waals surface area (Å²) in [6, 6.07) is 25.6. The van der Waals surface area contributed by atoms with Crippen molar-refractivity contribution in [3.63, 3.8) is 0 Å². The molecule has 0 unspecified atom stereocenters. The summed E-state index contributed by atoms with van der Waals surface area (Å²) in [4.78, 5) is 14.5. The first-order chi connectivity index (χ1) is 12.2. The van der Waals surface area contributed by atoms with Crippen molar-refractivity contribution in [1.29, 1.82) is 0 Å². The number of aryl methyl sites for hydroxylation is 1. The number of benzene rings is 3. The molecule has 126 valence electrons. The van der Waals surface area contributed by atoms with Crippen LogP contribution >= 0.6 is 23.4 Å². The van der Waals surface area contributed by atoms with Crippen molar-refractivity contribution in [3.8, 4) is 0 Å². The molecule has 4 heteroatoms. The Labute approximate surface area is 157 Å². The molecule has 0 aliphatic rings. The lowest BCUT2D eigenvalue weighted by molar-refractivity contribution is -0.116. The van der Waals surface area contributed by atoms with Crippen LogP contribution in [0.4, 0.5) is 5.69 Å². The van der Waals surface area contributed by atoms with Crippen molar-refractivity contribution in [2.75, 3.05) is 5.32 Å². The maximum atomic E-state index is 12.3. The van der Waals surface area contributed by atoms with Crippen molar-refractivity contribution >= 4 is 35.0 Å². The van der Waals surface area contributed by atoms with E-state index in [9.17, 15) is 4.79 Å². The Morgan fingerprint density at radius 1 is 0.880 bits per heavy atom. The molecule has 3 aromatic carbocycles. The fraction of sp³-hybridized carbons (Fsp3) is 0.0952. The topological polar surface area (TPSA) is 29.1 Å². The Hall–Kier alpha value is -2.23. The average Bonchev–Trinajstić information content (AvgIpc) is 2.64. The molecule has 0 aliphatic carbocycles. The van der Waals surface area contributed by atoms with Gasteiger partial charge in [-0.2, -0.15) is 0 Å². The minimum atomic E-state index is 0.0102. The number of hydrogen-bond acceptors (Lipinski definition) is 2. The third kappa shape index (κ3) is 5.38. The fourth-order valence-corrected chi connectivity index (χ4v) is 3.44. The summed E-state index contributed by atoms with van der Waals surface area (Å²) in [7, 11) is 0. The van der Waals surface area contributed by atoms with E-state index in [2.05, 4.69) is 17.4 Å². The number of para-hydroxylation sites is 1. The Morgan fingerprint density at radius 2 is 1.56 bits per heavy atom. The first-order valence-electron chi connectivity index (χ1n) is 8.07. The molecule has 0 bridgehead atoms. The molecule has 0 spiro atoms. The van der Waals surface area contributed by atoms with Crippen molar-refractivity contribution in [2.24, 2.45) is 0 Å². The van der Waals surface area contributed by atoms with Crippen LogP contribution in [0.25, 0.3) is 0 Å². The van der Waals surface area contributed by atoms with Gasteiger partial charge in [0, 0.05) is 21.2 Å². The highest BCUT2D eigenvalue weighted by Crippen LogP contribution is 2.33. The third-order valence-corrected chi connectivity index (χ3v) is 5.02. The second-order valence-corrected chi connectivity index (χ2v) is 7.14. The van der Waals surface area contributed by atoms with E-state index in [0.29, 0.717) is 17.9 Å². The van der Waals surface area contributed by atoms with E-state index in [1.54, 1.807) is 11.8 Å². The molecule has 0 fully saturated rings. The van der Waals surface area contributed by atoms with Gasteiger partial charge in [0.05, 0.1) is 5.69 Å². The number of nitrogens with one attached hydrogen (secondary N) is 1. The van der Waals surface area contributed by atoms with Crippen LogP contribution in [-0.2, 0) is 11.2 Å². The molecule has 3 rings (SSSR count). The fourth-order valence-electron chi connectivity index (χ4n) is 2.40. The number of rotatable bonds is 6. The van der Waals surface area contributed by atoms with Crippen LogP contribution in [-0.4, -0.2) is 5.91 Å². The van der Waals surface area contributed by atoms with Gasteiger partial charge >= 0.3 is 0 Å². The summed E-state index contributed by atoms with van der Waals surface area (Å²) in [5.74, 6) is 0.0102. The molecular formula is C21H18ClNOS. The summed E-state index contributed by atoms with van der Waals surface area (Å²) < 4.78 is 0. The Kier molecular flexibility index (Phi) is 6.15. The van der Waals surface area contributed by atoms with E-state index < -0.39 is 0 Å². The zero-order valence-corrected chi connectivity index (χ0v) is 15.2. The molecule has 0 saturated carbocycles. The monoisotopic (exact) mass is 367 g/mol. The van der Waals surface area contributed by atoms with E-state index in [1.165, 1.54) is 0 Å². The smallest absolute Gasteiger partial charge is 0.224 e. The van der Waals surface area contributed by atoms with Gasteiger partial charge < -0.3 is 5.32 Å². The summed E-state index contributed by atoms with van der Waals surface area (Å²) in [6.07, 6.45) is 1.13.